The summed E-state index contributed by atoms with van der Waals surface area (Å²) in [7, 11) is -3.10. The second-order valence-corrected chi connectivity index (χ2v) is 7.78. The van der Waals surface area contributed by atoms with E-state index >= 15 is 0 Å². The molecule has 6 heteroatoms. The lowest BCUT2D eigenvalue weighted by Gasteiger charge is -2.29. The Morgan fingerprint density at radius 1 is 1.43 bits per heavy atom. The fourth-order valence-corrected chi connectivity index (χ4v) is 4.53. The van der Waals surface area contributed by atoms with Gasteiger partial charge in [-0.25, -0.2) is 8.42 Å². The molecule has 0 aromatic carbocycles. The first-order chi connectivity index (χ1) is 10.1. The van der Waals surface area contributed by atoms with Crippen molar-refractivity contribution in [3.05, 3.63) is 41.7 Å². The Morgan fingerprint density at radius 2 is 2.24 bits per heavy atom. The summed E-state index contributed by atoms with van der Waals surface area (Å²) in [6, 6.07) is 0. The van der Waals surface area contributed by atoms with Gasteiger partial charge < -0.3 is 4.74 Å². The van der Waals surface area contributed by atoms with Crippen LogP contribution in [0.3, 0.4) is 0 Å². The van der Waals surface area contributed by atoms with E-state index in [-0.39, 0.29) is 5.25 Å². The summed E-state index contributed by atoms with van der Waals surface area (Å²) in [5.41, 5.74) is 3.25. The van der Waals surface area contributed by atoms with Gasteiger partial charge in [0.15, 0.2) is 0 Å². The molecule has 0 atom stereocenters. The van der Waals surface area contributed by atoms with Crippen LogP contribution in [0.25, 0.3) is 0 Å². The van der Waals surface area contributed by atoms with Crippen LogP contribution < -0.4 is 0 Å². The van der Waals surface area contributed by atoms with Crippen molar-refractivity contribution in [1.82, 2.24) is 9.29 Å². The Kier molecular flexibility index (Phi) is 4.10. The highest BCUT2D eigenvalue weighted by Crippen LogP contribution is 2.34. The summed E-state index contributed by atoms with van der Waals surface area (Å²) in [6.07, 6.45) is 7.65. The van der Waals surface area contributed by atoms with E-state index in [4.69, 9.17) is 4.74 Å². The van der Waals surface area contributed by atoms with Gasteiger partial charge in [-0.2, -0.15) is 4.31 Å². The lowest BCUT2D eigenvalue weighted by molar-refractivity contribution is 0.147. The van der Waals surface area contributed by atoms with E-state index in [9.17, 15) is 8.42 Å². The number of nitrogens with zero attached hydrogens (tertiary/aromatic N) is 2. The smallest absolute Gasteiger partial charge is 0.217 e. The molecule has 0 unspecified atom stereocenters. The van der Waals surface area contributed by atoms with Gasteiger partial charge >= 0.3 is 0 Å². The van der Waals surface area contributed by atoms with Crippen LogP contribution in [-0.2, 0) is 34.3 Å². The van der Waals surface area contributed by atoms with Gasteiger partial charge in [-0.15, -0.1) is 6.58 Å². The highest BCUT2D eigenvalue weighted by Gasteiger charge is 2.41. The molecule has 1 aliphatic heterocycles. The summed E-state index contributed by atoms with van der Waals surface area (Å²) in [5, 5.41) is -0.147. The van der Waals surface area contributed by atoms with Crippen molar-refractivity contribution in [2.75, 3.05) is 13.2 Å². The van der Waals surface area contributed by atoms with Crippen LogP contribution in [0.2, 0.25) is 0 Å². The summed E-state index contributed by atoms with van der Waals surface area (Å²) in [5.74, 6) is 0. The van der Waals surface area contributed by atoms with Crippen molar-refractivity contribution in [1.29, 1.82) is 0 Å². The molecule has 0 saturated heterocycles. The highest BCUT2D eigenvalue weighted by molar-refractivity contribution is 7.90. The maximum atomic E-state index is 12.3. The van der Waals surface area contributed by atoms with Crippen molar-refractivity contribution in [2.24, 2.45) is 0 Å². The van der Waals surface area contributed by atoms with Gasteiger partial charge in [0, 0.05) is 25.5 Å². The maximum Gasteiger partial charge on any atom is 0.217 e. The average Bonchev–Trinajstić information content (AvgIpc) is 3.32. The molecule has 0 amide bonds. The first kappa shape index (κ1) is 14.7. The van der Waals surface area contributed by atoms with Crippen molar-refractivity contribution in [3.63, 3.8) is 0 Å². The Morgan fingerprint density at radius 3 is 2.95 bits per heavy atom. The zero-order chi connectivity index (χ0) is 14.9. The minimum Gasteiger partial charge on any atom is -0.373 e. The van der Waals surface area contributed by atoms with Gasteiger partial charge in [0.05, 0.1) is 18.5 Å². The van der Waals surface area contributed by atoms with Gasteiger partial charge in [-0.05, 0) is 36.0 Å². The van der Waals surface area contributed by atoms with Gasteiger partial charge in [0.2, 0.25) is 10.0 Å². The molecule has 0 spiro atoms. The SMILES string of the molecule is C=CCOCc1cncc2c1CCN(S(=O)(=O)C1CC1)C2. The molecule has 2 aliphatic rings. The van der Waals surface area contributed by atoms with Gasteiger partial charge in [-0.3, -0.25) is 4.98 Å². The zero-order valence-electron chi connectivity index (χ0n) is 12.0. The first-order valence-electron chi connectivity index (χ1n) is 7.25. The number of rotatable bonds is 6. The molecule has 2 heterocycles. The highest BCUT2D eigenvalue weighted by atomic mass is 32.2. The van der Waals surface area contributed by atoms with Gasteiger partial charge in [-0.1, -0.05) is 6.08 Å². The summed E-state index contributed by atoms with van der Waals surface area (Å²) in [6.45, 7) is 5.63. The third kappa shape index (κ3) is 3.02. The third-order valence-corrected chi connectivity index (χ3v) is 6.34. The van der Waals surface area contributed by atoms with Crippen LogP contribution in [0, 0.1) is 0 Å². The molecule has 1 aliphatic carbocycles. The summed E-state index contributed by atoms with van der Waals surface area (Å²) in [4.78, 5) is 4.23. The molecular weight excluding hydrogens is 288 g/mol. The summed E-state index contributed by atoms with van der Waals surface area (Å²) < 4.78 is 31.7. The predicted molar refractivity (Wildman–Crippen MR) is 80.1 cm³/mol. The monoisotopic (exact) mass is 308 g/mol. The molecule has 1 saturated carbocycles. The molecule has 1 aromatic heterocycles. The van der Waals surface area contributed by atoms with Crippen LogP contribution in [0.5, 0.6) is 0 Å². The van der Waals surface area contributed by atoms with E-state index in [2.05, 4.69) is 11.6 Å². The Hall–Kier alpha value is -1.24. The zero-order valence-corrected chi connectivity index (χ0v) is 12.8. The lowest BCUT2D eigenvalue weighted by Crippen LogP contribution is -2.38. The minimum atomic E-state index is -3.10. The Bertz CT molecular complexity index is 638. The molecule has 1 aromatic rings. The molecule has 0 bridgehead atoms. The molecule has 21 heavy (non-hydrogen) atoms. The van der Waals surface area contributed by atoms with E-state index in [0.717, 1.165) is 30.4 Å². The first-order valence-corrected chi connectivity index (χ1v) is 8.75. The van der Waals surface area contributed by atoms with E-state index < -0.39 is 10.0 Å². The second kappa shape index (κ2) is 5.87. The fraction of sp³-hybridized carbons (Fsp3) is 0.533. The van der Waals surface area contributed by atoms with Crippen molar-refractivity contribution in [2.45, 2.75) is 37.7 Å². The van der Waals surface area contributed by atoms with Crippen LogP contribution in [0.15, 0.2) is 25.0 Å². The number of hydrogen-bond donors (Lipinski definition) is 0. The van der Waals surface area contributed by atoms with Crippen LogP contribution in [-0.4, -0.2) is 36.1 Å². The van der Waals surface area contributed by atoms with Crippen LogP contribution >= 0.6 is 0 Å². The van der Waals surface area contributed by atoms with E-state index in [1.165, 1.54) is 5.56 Å². The lowest BCUT2D eigenvalue weighted by atomic mass is 9.99. The number of pyridine rings is 1. The standard InChI is InChI=1S/C15H20N2O3S/c1-2-7-20-11-13-9-16-8-12-10-17(6-5-15(12)13)21(18,19)14-3-4-14/h2,8-9,14H,1,3-7,10-11H2. The molecule has 3 rings (SSSR count). The van der Waals surface area contributed by atoms with Crippen LogP contribution in [0.1, 0.15) is 29.5 Å². The quantitative estimate of drug-likeness (QED) is 0.592. The minimum absolute atomic E-state index is 0.147. The fourth-order valence-electron chi connectivity index (χ4n) is 2.71. The number of sulfonamides is 1. The third-order valence-electron chi connectivity index (χ3n) is 3.99. The predicted octanol–water partition coefficient (Wildman–Crippen LogP) is 1.63. The number of hydrogen-bond acceptors (Lipinski definition) is 4. The normalized spacial score (nSPS) is 19.2. The Balaban J connectivity index is 1.77. The molecule has 5 nitrogen and oxygen atoms in total. The molecule has 0 N–H and O–H groups in total. The van der Waals surface area contributed by atoms with E-state index in [1.807, 2.05) is 6.20 Å². The maximum absolute atomic E-state index is 12.3. The topological polar surface area (TPSA) is 59.5 Å². The molecule has 1 fully saturated rings. The summed E-state index contributed by atoms with van der Waals surface area (Å²) >= 11 is 0. The van der Waals surface area contributed by atoms with Crippen molar-refractivity contribution in [3.8, 4) is 0 Å². The van der Waals surface area contributed by atoms with E-state index in [0.29, 0.717) is 26.3 Å². The van der Waals surface area contributed by atoms with Crippen molar-refractivity contribution >= 4 is 10.0 Å². The average molecular weight is 308 g/mol. The molecule has 0 radical (unpaired) electrons. The van der Waals surface area contributed by atoms with Gasteiger partial charge in [0.1, 0.15) is 0 Å². The number of aromatic nitrogens is 1. The van der Waals surface area contributed by atoms with Gasteiger partial charge in [0.25, 0.3) is 0 Å². The Labute approximate surface area is 125 Å². The van der Waals surface area contributed by atoms with Crippen molar-refractivity contribution < 1.29 is 13.2 Å². The number of fused-ring (bicyclic) bond motifs is 1. The second-order valence-electron chi connectivity index (χ2n) is 5.57. The number of ether oxygens (including phenoxy) is 1. The van der Waals surface area contributed by atoms with E-state index in [1.54, 1.807) is 16.6 Å². The largest absolute Gasteiger partial charge is 0.373 e. The molecule has 114 valence electrons. The van der Waals surface area contributed by atoms with Crippen LogP contribution in [0.4, 0.5) is 0 Å². The molecular formula is C15H20N2O3S.